The van der Waals surface area contributed by atoms with E-state index < -0.39 is 5.60 Å². The number of aromatic hydroxyl groups is 1. The molecule has 1 aliphatic rings. The van der Waals surface area contributed by atoms with Crippen molar-refractivity contribution in [2.45, 2.75) is 52.7 Å². The lowest BCUT2D eigenvalue weighted by molar-refractivity contribution is -0.147. The summed E-state index contributed by atoms with van der Waals surface area (Å²) < 4.78 is 6.24. The molecule has 0 bridgehead atoms. The van der Waals surface area contributed by atoms with E-state index in [9.17, 15) is 9.90 Å². The molecule has 2 aromatic rings. The molecular formula is C19H25N3O3. The number of phenols is 1. The molecule has 1 atom stereocenters. The van der Waals surface area contributed by atoms with Gasteiger partial charge in [0.05, 0.1) is 6.54 Å². The molecule has 6 nitrogen and oxygen atoms in total. The Kier molecular flexibility index (Phi) is 4.22. The maximum atomic E-state index is 13.0. The number of nitrogens with one attached hydrogen (secondary N) is 1. The summed E-state index contributed by atoms with van der Waals surface area (Å²) in [5.41, 5.74) is 2.62. The third-order valence-corrected chi connectivity index (χ3v) is 5.26. The third kappa shape index (κ3) is 2.86. The number of carbonyl (C=O) groups is 1. The molecule has 1 aliphatic heterocycles. The summed E-state index contributed by atoms with van der Waals surface area (Å²) >= 11 is 0. The van der Waals surface area contributed by atoms with Crippen molar-refractivity contribution in [3.8, 4) is 11.5 Å². The van der Waals surface area contributed by atoms with Gasteiger partial charge in [0, 0.05) is 31.4 Å². The number of aromatic nitrogens is 2. The van der Waals surface area contributed by atoms with Crippen LogP contribution in [0, 0.1) is 20.8 Å². The maximum Gasteiger partial charge on any atom is 0.266 e. The highest BCUT2D eigenvalue weighted by atomic mass is 16.5. The van der Waals surface area contributed by atoms with Crippen molar-refractivity contribution in [3.63, 3.8) is 0 Å². The van der Waals surface area contributed by atoms with Crippen LogP contribution in [0.25, 0.3) is 0 Å². The quantitative estimate of drug-likeness (QED) is 0.898. The molecule has 1 aromatic carbocycles. The summed E-state index contributed by atoms with van der Waals surface area (Å²) in [6, 6.07) is 0. The van der Waals surface area contributed by atoms with Crippen molar-refractivity contribution in [2.75, 3.05) is 7.05 Å². The van der Waals surface area contributed by atoms with Gasteiger partial charge in [0.1, 0.15) is 17.3 Å². The average molecular weight is 343 g/mol. The van der Waals surface area contributed by atoms with Gasteiger partial charge in [0.2, 0.25) is 0 Å². The van der Waals surface area contributed by atoms with Crippen LogP contribution in [0.5, 0.6) is 11.5 Å². The monoisotopic (exact) mass is 343 g/mol. The number of hydrogen-bond acceptors (Lipinski definition) is 4. The highest BCUT2D eigenvalue weighted by molar-refractivity contribution is 5.85. The molecular weight excluding hydrogens is 318 g/mol. The number of phenolic OH excluding ortho intramolecular Hbond substituents is 1. The molecule has 0 aliphatic carbocycles. The maximum absolute atomic E-state index is 13.0. The van der Waals surface area contributed by atoms with Crippen molar-refractivity contribution in [1.29, 1.82) is 0 Å². The van der Waals surface area contributed by atoms with Gasteiger partial charge >= 0.3 is 0 Å². The second-order valence-corrected chi connectivity index (χ2v) is 7.06. The van der Waals surface area contributed by atoms with Crippen LogP contribution in [0.15, 0.2) is 12.4 Å². The fourth-order valence-electron chi connectivity index (χ4n) is 3.48. The lowest BCUT2D eigenvalue weighted by Crippen LogP contribution is -2.51. The van der Waals surface area contributed by atoms with Crippen LogP contribution in [-0.4, -0.2) is 38.5 Å². The zero-order chi connectivity index (χ0) is 18.4. The predicted molar refractivity (Wildman–Crippen MR) is 94.7 cm³/mol. The van der Waals surface area contributed by atoms with Crippen molar-refractivity contribution < 1.29 is 14.6 Å². The summed E-state index contributed by atoms with van der Waals surface area (Å²) in [5.74, 6) is 1.73. The molecule has 0 saturated heterocycles. The lowest BCUT2D eigenvalue weighted by Gasteiger charge is -2.38. The van der Waals surface area contributed by atoms with E-state index in [1.165, 1.54) is 0 Å². The molecule has 0 saturated carbocycles. The van der Waals surface area contributed by atoms with Gasteiger partial charge in [-0.25, -0.2) is 4.98 Å². The Morgan fingerprint density at radius 2 is 2.08 bits per heavy atom. The summed E-state index contributed by atoms with van der Waals surface area (Å²) in [4.78, 5) is 21.8. The molecule has 1 aromatic heterocycles. The molecule has 2 heterocycles. The topological polar surface area (TPSA) is 78.5 Å². The number of carbonyl (C=O) groups excluding carboxylic acids is 1. The smallest absolute Gasteiger partial charge is 0.266 e. The first-order valence-electron chi connectivity index (χ1n) is 8.49. The van der Waals surface area contributed by atoms with E-state index in [-0.39, 0.29) is 5.91 Å². The van der Waals surface area contributed by atoms with Gasteiger partial charge < -0.3 is 19.7 Å². The molecule has 25 heavy (non-hydrogen) atoms. The SMILES string of the molecule is Cc1c(C)c2c(c(C)c1O)CCC(C)(C(=O)N(C)Cc1ncc[nH]1)O2. The van der Waals surface area contributed by atoms with E-state index >= 15 is 0 Å². The minimum Gasteiger partial charge on any atom is -0.507 e. The summed E-state index contributed by atoms with van der Waals surface area (Å²) in [6.45, 7) is 7.95. The van der Waals surface area contributed by atoms with Gasteiger partial charge in [0.15, 0.2) is 5.60 Å². The first kappa shape index (κ1) is 17.3. The highest BCUT2D eigenvalue weighted by Crippen LogP contribution is 2.43. The fraction of sp³-hybridized carbons (Fsp3) is 0.474. The van der Waals surface area contributed by atoms with Crippen LogP contribution in [-0.2, 0) is 17.8 Å². The van der Waals surface area contributed by atoms with Crippen LogP contribution in [0.3, 0.4) is 0 Å². The predicted octanol–water partition coefficient (Wildman–Crippen LogP) is 2.78. The molecule has 1 unspecified atom stereocenters. The molecule has 0 spiro atoms. The highest BCUT2D eigenvalue weighted by Gasteiger charge is 2.42. The van der Waals surface area contributed by atoms with Crippen molar-refractivity contribution in [2.24, 2.45) is 0 Å². The first-order valence-corrected chi connectivity index (χ1v) is 8.49. The van der Waals surface area contributed by atoms with Crippen LogP contribution in [0.2, 0.25) is 0 Å². The minimum atomic E-state index is -0.922. The molecule has 134 valence electrons. The Balaban J connectivity index is 1.89. The zero-order valence-electron chi connectivity index (χ0n) is 15.4. The molecule has 0 fully saturated rings. The number of imidazole rings is 1. The third-order valence-electron chi connectivity index (χ3n) is 5.26. The van der Waals surface area contributed by atoms with E-state index in [0.29, 0.717) is 25.1 Å². The van der Waals surface area contributed by atoms with Gasteiger partial charge in [-0.15, -0.1) is 0 Å². The number of fused-ring (bicyclic) bond motifs is 1. The second-order valence-electron chi connectivity index (χ2n) is 7.06. The van der Waals surface area contributed by atoms with Crippen molar-refractivity contribution >= 4 is 5.91 Å². The first-order chi connectivity index (χ1) is 11.7. The lowest BCUT2D eigenvalue weighted by atomic mass is 9.86. The molecule has 2 N–H and O–H groups in total. The van der Waals surface area contributed by atoms with E-state index in [2.05, 4.69) is 9.97 Å². The molecule has 6 heteroatoms. The van der Waals surface area contributed by atoms with E-state index in [1.807, 2.05) is 27.7 Å². The Hall–Kier alpha value is -2.50. The van der Waals surface area contributed by atoms with E-state index in [0.717, 1.165) is 33.8 Å². The minimum absolute atomic E-state index is 0.0719. The Morgan fingerprint density at radius 1 is 1.36 bits per heavy atom. The standard InChI is InChI=1S/C19H25N3O3/c1-11-12(2)17-14(13(3)16(11)23)6-7-19(4,25-17)18(24)22(5)10-15-20-8-9-21-15/h8-9,23H,6-7,10H2,1-5H3,(H,20,21). The van der Waals surface area contributed by atoms with Gasteiger partial charge in [-0.05, 0) is 50.8 Å². The number of H-pyrrole nitrogens is 1. The zero-order valence-corrected chi connectivity index (χ0v) is 15.4. The van der Waals surface area contributed by atoms with Gasteiger partial charge in [-0.1, -0.05) is 0 Å². The Bertz CT molecular complexity index is 814. The van der Waals surface area contributed by atoms with Crippen molar-refractivity contribution in [3.05, 3.63) is 40.5 Å². The number of hydrogen-bond donors (Lipinski definition) is 2. The Labute approximate surface area is 147 Å². The number of aromatic amines is 1. The summed E-state index contributed by atoms with van der Waals surface area (Å²) in [7, 11) is 1.76. The normalized spacial score (nSPS) is 19.2. The fourth-order valence-corrected chi connectivity index (χ4v) is 3.48. The Morgan fingerprint density at radius 3 is 2.72 bits per heavy atom. The summed E-state index contributed by atoms with van der Waals surface area (Å²) in [6.07, 6.45) is 4.69. The average Bonchev–Trinajstić information content (AvgIpc) is 3.10. The number of amides is 1. The number of nitrogens with zero attached hydrogens (tertiary/aromatic N) is 2. The van der Waals surface area contributed by atoms with Gasteiger partial charge in [0.25, 0.3) is 5.91 Å². The summed E-state index contributed by atoms with van der Waals surface area (Å²) in [5, 5.41) is 10.3. The molecule has 1 amide bonds. The van der Waals surface area contributed by atoms with Crippen LogP contribution in [0.4, 0.5) is 0 Å². The number of ether oxygens (including phenoxy) is 1. The van der Waals surface area contributed by atoms with Crippen LogP contribution in [0.1, 0.15) is 41.4 Å². The molecule has 3 rings (SSSR count). The van der Waals surface area contributed by atoms with Crippen molar-refractivity contribution in [1.82, 2.24) is 14.9 Å². The van der Waals surface area contributed by atoms with Gasteiger partial charge in [-0.2, -0.15) is 0 Å². The van der Waals surface area contributed by atoms with Crippen LogP contribution < -0.4 is 4.74 Å². The number of rotatable bonds is 3. The van der Waals surface area contributed by atoms with E-state index in [1.54, 1.807) is 24.3 Å². The van der Waals surface area contributed by atoms with Gasteiger partial charge in [-0.3, -0.25) is 4.79 Å². The second kappa shape index (κ2) is 6.10. The largest absolute Gasteiger partial charge is 0.507 e. The number of likely N-dealkylation sites (N-methyl/N-ethyl adjacent to an activating group) is 1. The van der Waals surface area contributed by atoms with Crippen LogP contribution >= 0.6 is 0 Å². The molecule has 0 radical (unpaired) electrons. The number of benzene rings is 1. The van der Waals surface area contributed by atoms with E-state index in [4.69, 9.17) is 4.74 Å².